The second-order valence-corrected chi connectivity index (χ2v) is 6.86. The van der Waals surface area contributed by atoms with Gasteiger partial charge in [-0.1, -0.05) is 28.9 Å². The monoisotopic (exact) mass is 331 g/mol. The zero-order chi connectivity index (χ0) is 15.6. The van der Waals surface area contributed by atoms with Gasteiger partial charge in [-0.2, -0.15) is 0 Å². The van der Waals surface area contributed by atoms with Crippen LogP contribution in [0.1, 0.15) is 29.9 Å². The highest BCUT2D eigenvalue weighted by Gasteiger charge is 2.23. The van der Waals surface area contributed by atoms with Gasteiger partial charge in [-0.05, 0) is 31.4 Å². The van der Waals surface area contributed by atoms with Crippen LogP contribution in [0.2, 0.25) is 5.02 Å². The summed E-state index contributed by atoms with van der Waals surface area (Å²) < 4.78 is 5.53. The first kappa shape index (κ1) is 15.0. The van der Waals surface area contributed by atoms with E-state index in [-0.39, 0.29) is 0 Å². The van der Waals surface area contributed by atoms with Crippen molar-refractivity contribution in [1.82, 2.24) is 10.1 Å². The minimum atomic E-state index is 0.839. The molecule has 4 nitrogen and oxygen atoms in total. The van der Waals surface area contributed by atoms with Crippen molar-refractivity contribution in [2.24, 2.45) is 0 Å². The highest BCUT2D eigenvalue weighted by atomic mass is 35.5. The number of fused-ring (bicyclic) bond motifs is 1. The largest absolute Gasteiger partial charge is 0.368 e. The van der Waals surface area contributed by atoms with E-state index in [4.69, 9.17) is 16.1 Å². The molecule has 1 aromatic carbocycles. The Labute approximate surface area is 142 Å². The highest BCUT2D eigenvalue weighted by molar-refractivity contribution is 6.33. The maximum atomic E-state index is 6.31. The molecule has 0 radical (unpaired) electrons. The van der Waals surface area contributed by atoms with Gasteiger partial charge in [0.1, 0.15) is 11.5 Å². The van der Waals surface area contributed by atoms with Crippen LogP contribution in [0.3, 0.4) is 0 Å². The van der Waals surface area contributed by atoms with E-state index in [1.54, 1.807) is 0 Å². The van der Waals surface area contributed by atoms with Crippen LogP contribution < -0.4 is 4.90 Å². The van der Waals surface area contributed by atoms with E-state index in [2.05, 4.69) is 27.1 Å². The quantitative estimate of drug-likeness (QED) is 0.861. The summed E-state index contributed by atoms with van der Waals surface area (Å²) in [5.74, 6) is 1.13. The van der Waals surface area contributed by atoms with Crippen LogP contribution in [0.25, 0.3) is 0 Å². The highest BCUT2D eigenvalue weighted by Crippen LogP contribution is 2.28. The Morgan fingerprint density at radius 3 is 2.65 bits per heavy atom. The third-order valence-corrected chi connectivity index (χ3v) is 5.29. The van der Waals surface area contributed by atoms with E-state index in [9.17, 15) is 0 Å². The van der Waals surface area contributed by atoms with Gasteiger partial charge in [0.05, 0.1) is 10.7 Å². The van der Waals surface area contributed by atoms with Crippen molar-refractivity contribution < 1.29 is 4.52 Å². The molecule has 2 aliphatic rings. The average Bonchev–Trinajstić information content (AvgIpc) is 2.99. The third-order valence-electron chi connectivity index (χ3n) is 4.97. The van der Waals surface area contributed by atoms with Crippen LogP contribution in [0.15, 0.2) is 28.8 Å². The Bertz CT molecular complexity index is 677. The number of nitrogens with zero attached hydrogens (tertiary/aromatic N) is 3. The van der Waals surface area contributed by atoms with Crippen molar-refractivity contribution in [2.75, 3.05) is 31.1 Å². The number of aromatic nitrogens is 1. The molecule has 1 aromatic heterocycles. The standard InChI is InChI=1S/C18H22ClN3O/c19-15-6-2-3-7-17(15)22-11-9-21(10-12-22)13-16-14-5-1-4-8-18(14)23-20-16/h2-3,6-7H,1,4-5,8-13H2. The van der Waals surface area contributed by atoms with Crippen molar-refractivity contribution in [2.45, 2.75) is 32.2 Å². The van der Waals surface area contributed by atoms with Crippen molar-refractivity contribution in [3.05, 3.63) is 46.3 Å². The summed E-state index contributed by atoms with van der Waals surface area (Å²) in [6.07, 6.45) is 4.69. The van der Waals surface area contributed by atoms with Crippen LogP contribution in [0.4, 0.5) is 5.69 Å². The molecule has 0 atom stereocenters. The molecule has 2 aromatic rings. The summed E-state index contributed by atoms with van der Waals surface area (Å²) in [6.45, 7) is 4.99. The first-order chi connectivity index (χ1) is 11.3. The van der Waals surface area contributed by atoms with Gasteiger partial charge in [-0.15, -0.1) is 0 Å². The molecular formula is C18H22ClN3O. The summed E-state index contributed by atoms with van der Waals surface area (Å²) in [5, 5.41) is 5.17. The van der Waals surface area contributed by atoms with Crippen molar-refractivity contribution in [3.8, 4) is 0 Å². The smallest absolute Gasteiger partial charge is 0.140 e. The van der Waals surface area contributed by atoms with Crippen molar-refractivity contribution >= 4 is 17.3 Å². The summed E-state index contributed by atoms with van der Waals surface area (Å²) >= 11 is 6.31. The Morgan fingerprint density at radius 2 is 1.83 bits per heavy atom. The molecular weight excluding hydrogens is 310 g/mol. The van der Waals surface area contributed by atoms with E-state index in [0.717, 1.165) is 67.7 Å². The lowest BCUT2D eigenvalue weighted by molar-refractivity contribution is 0.241. The Hall–Kier alpha value is -1.52. The molecule has 0 amide bonds. The van der Waals surface area contributed by atoms with Crippen LogP contribution in [0, 0.1) is 0 Å². The van der Waals surface area contributed by atoms with Crippen LogP contribution >= 0.6 is 11.6 Å². The third kappa shape index (κ3) is 3.10. The van der Waals surface area contributed by atoms with E-state index in [1.165, 1.54) is 18.4 Å². The van der Waals surface area contributed by atoms with E-state index < -0.39 is 0 Å². The van der Waals surface area contributed by atoms with Gasteiger partial charge in [-0.3, -0.25) is 4.90 Å². The molecule has 4 rings (SSSR count). The predicted octanol–water partition coefficient (Wildman–Crippen LogP) is 3.53. The zero-order valence-corrected chi connectivity index (χ0v) is 14.1. The number of hydrogen-bond donors (Lipinski definition) is 0. The molecule has 0 N–H and O–H groups in total. The molecule has 1 aliphatic carbocycles. The number of benzene rings is 1. The summed E-state index contributed by atoms with van der Waals surface area (Å²) in [6, 6.07) is 8.10. The fourth-order valence-corrected chi connectivity index (χ4v) is 3.90. The number of hydrogen-bond acceptors (Lipinski definition) is 4. The summed E-state index contributed by atoms with van der Waals surface area (Å²) in [5.41, 5.74) is 3.68. The van der Waals surface area contributed by atoms with E-state index in [0.29, 0.717) is 0 Å². The number of piperazine rings is 1. The molecule has 1 fully saturated rings. The number of para-hydroxylation sites is 1. The molecule has 1 aliphatic heterocycles. The fraction of sp³-hybridized carbons (Fsp3) is 0.500. The Morgan fingerprint density at radius 1 is 1.04 bits per heavy atom. The lowest BCUT2D eigenvalue weighted by Gasteiger charge is -2.36. The molecule has 122 valence electrons. The normalized spacial score (nSPS) is 18.9. The van der Waals surface area contributed by atoms with Gasteiger partial charge in [0, 0.05) is 44.7 Å². The first-order valence-electron chi connectivity index (χ1n) is 8.49. The van der Waals surface area contributed by atoms with Gasteiger partial charge < -0.3 is 9.42 Å². The van der Waals surface area contributed by atoms with Crippen LogP contribution in [0.5, 0.6) is 0 Å². The first-order valence-corrected chi connectivity index (χ1v) is 8.87. The topological polar surface area (TPSA) is 32.5 Å². The lowest BCUT2D eigenvalue weighted by Crippen LogP contribution is -2.46. The van der Waals surface area contributed by atoms with Gasteiger partial charge in [0.2, 0.25) is 0 Å². The minimum absolute atomic E-state index is 0.839. The van der Waals surface area contributed by atoms with Crippen LogP contribution in [-0.2, 0) is 19.4 Å². The zero-order valence-electron chi connectivity index (χ0n) is 13.3. The van der Waals surface area contributed by atoms with Crippen LogP contribution in [-0.4, -0.2) is 36.2 Å². The summed E-state index contributed by atoms with van der Waals surface area (Å²) in [7, 11) is 0. The molecule has 0 unspecified atom stereocenters. The number of anilines is 1. The predicted molar refractivity (Wildman–Crippen MR) is 92.1 cm³/mol. The molecule has 0 bridgehead atoms. The van der Waals surface area contributed by atoms with E-state index >= 15 is 0 Å². The number of rotatable bonds is 3. The molecule has 23 heavy (non-hydrogen) atoms. The van der Waals surface area contributed by atoms with Gasteiger partial charge in [-0.25, -0.2) is 0 Å². The Kier molecular flexibility index (Phi) is 4.27. The minimum Gasteiger partial charge on any atom is -0.368 e. The molecule has 1 saturated heterocycles. The molecule has 0 saturated carbocycles. The maximum Gasteiger partial charge on any atom is 0.140 e. The Balaban J connectivity index is 1.39. The summed E-state index contributed by atoms with van der Waals surface area (Å²) in [4.78, 5) is 4.84. The number of halogens is 1. The SMILES string of the molecule is Clc1ccccc1N1CCN(Cc2noc3c2CCCC3)CC1. The maximum absolute atomic E-state index is 6.31. The lowest BCUT2D eigenvalue weighted by atomic mass is 9.96. The second-order valence-electron chi connectivity index (χ2n) is 6.45. The number of aryl methyl sites for hydroxylation is 1. The van der Waals surface area contributed by atoms with Gasteiger partial charge in [0.25, 0.3) is 0 Å². The molecule has 5 heteroatoms. The second kappa shape index (κ2) is 6.54. The van der Waals surface area contributed by atoms with Crippen molar-refractivity contribution in [3.63, 3.8) is 0 Å². The molecule has 2 heterocycles. The van der Waals surface area contributed by atoms with Crippen molar-refractivity contribution in [1.29, 1.82) is 0 Å². The molecule has 0 spiro atoms. The average molecular weight is 332 g/mol. The fourth-order valence-electron chi connectivity index (χ4n) is 3.64. The van der Waals surface area contributed by atoms with Gasteiger partial charge >= 0.3 is 0 Å². The van der Waals surface area contributed by atoms with Gasteiger partial charge in [0.15, 0.2) is 0 Å². The van der Waals surface area contributed by atoms with E-state index in [1.807, 2.05) is 12.1 Å².